The molecule has 0 radical (unpaired) electrons. The van der Waals surface area contributed by atoms with Crippen molar-refractivity contribution < 1.29 is 80.2 Å². The average molecular weight is 1370 g/mol. The van der Waals surface area contributed by atoms with Gasteiger partial charge in [-0.05, 0) is 31.6 Å². The highest BCUT2D eigenvalue weighted by Gasteiger charge is 2.30. The van der Waals surface area contributed by atoms with Crippen LogP contribution in [0.25, 0.3) is 0 Å². The molecule has 0 aliphatic heterocycles. The van der Waals surface area contributed by atoms with Crippen molar-refractivity contribution in [1.82, 2.24) is 0 Å². The van der Waals surface area contributed by atoms with E-state index in [1.165, 1.54) is 212 Å². The van der Waals surface area contributed by atoms with Crippen molar-refractivity contribution in [3.63, 3.8) is 0 Å². The molecule has 0 aliphatic rings. The molecule has 0 saturated heterocycles. The largest absolute Gasteiger partial charge is 0.472 e. The molecule has 93 heavy (non-hydrogen) atoms. The topological polar surface area (TPSA) is 237 Å². The Morgan fingerprint density at radius 3 is 0.731 bits per heavy atom. The SMILES string of the molecule is CCCCCCCCCCCCCCCCCCC(=O)OC[C@H](COP(=O)(O)OC[C@@H](O)COP(=O)(O)OC[C@@H](COC(=O)CCCCCCCCCCC)OC(=O)CCCCCCCCCCCCC)OC(=O)CCCCCCCCCCCCCCCCC(C)C. The second-order valence-corrected chi connectivity index (χ2v) is 30.1. The molecular formula is C74H144O17P2. The van der Waals surface area contributed by atoms with Gasteiger partial charge in [0.2, 0.25) is 0 Å². The highest BCUT2D eigenvalue weighted by atomic mass is 31.2. The van der Waals surface area contributed by atoms with E-state index < -0.39 is 97.5 Å². The standard InChI is InChI=1S/C74H144O17P2/c1-6-9-12-15-18-21-23-24-25-26-30-34-38-43-48-53-58-72(77)85-64-70(91-74(79)60-55-50-45-40-35-31-28-27-29-33-37-41-46-51-56-67(4)5)66-89-93(82,83)87-62-68(75)61-86-92(80,81)88-65-69(63-84-71(76)57-52-47-42-36-20-17-14-11-8-3)90-73(78)59-54-49-44-39-32-22-19-16-13-10-7-2/h67-70,75H,6-66H2,1-5H3,(H,80,81)(H,82,83)/t68-,69+,70+/m0/s1. The summed E-state index contributed by atoms with van der Waals surface area (Å²) in [5, 5.41) is 10.6. The molecule has 19 heteroatoms. The number of aliphatic hydroxyl groups is 1. The predicted octanol–water partition coefficient (Wildman–Crippen LogP) is 21.7. The van der Waals surface area contributed by atoms with Crippen LogP contribution in [0.1, 0.15) is 388 Å². The van der Waals surface area contributed by atoms with E-state index in [1.54, 1.807) is 0 Å². The number of ether oxygens (including phenoxy) is 4. The van der Waals surface area contributed by atoms with Crippen LogP contribution in [0.3, 0.4) is 0 Å². The van der Waals surface area contributed by atoms with Gasteiger partial charge in [-0.2, -0.15) is 0 Å². The van der Waals surface area contributed by atoms with E-state index in [0.717, 1.165) is 95.8 Å². The maximum atomic E-state index is 13.1. The lowest BCUT2D eigenvalue weighted by molar-refractivity contribution is -0.161. The minimum Gasteiger partial charge on any atom is -0.462 e. The molecule has 0 spiro atoms. The number of rotatable bonds is 74. The zero-order chi connectivity index (χ0) is 68.4. The van der Waals surface area contributed by atoms with Crippen LogP contribution in [-0.2, 0) is 65.4 Å². The fourth-order valence-electron chi connectivity index (χ4n) is 11.4. The molecule has 0 bridgehead atoms. The van der Waals surface area contributed by atoms with Crippen LogP contribution < -0.4 is 0 Å². The van der Waals surface area contributed by atoms with E-state index in [-0.39, 0.29) is 25.7 Å². The Morgan fingerprint density at radius 1 is 0.290 bits per heavy atom. The number of carbonyl (C=O) groups is 4. The summed E-state index contributed by atoms with van der Waals surface area (Å²) >= 11 is 0. The lowest BCUT2D eigenvalue weighted by Gasteiger charge is -2.21. The van der Waals surface area contributed by atoms with Crippen molar-refractivity contribution in [2.24, 2.45) is 5.92 Å². The fourth-order valence-corrected chi connectivity index (χ4v) is 12.9. The van der Waals surface area contributed by atoms with E-state index in [9.17, 15) is 43.2 Å². The Morgan fingerprint density at radius 2 is 0.495 bits per heavy atom. The van der Waals surface area contributed by atoms with Crippen LogP contribution in [0.15, 0.2) is 0 Å². The van der Waals surface area contributed by atoms with Crippen molar-refractivity contribution in [2.45, 2.75) is 406 Å². The lowest BCUT2D eigenvalue weighted by Crippen LogP contribution is -2.30. The van der Waals surface area contributed by atoms with E-state index in [4.69, 9.17) is 37.0 Å². The Labute approximate surface area is 568 Å². The maximum Gasteiger partial charge on any atom is 0.472 e. The molecule has 0 amide bonds. The van der Waals surface area contributed by atoms with Gasteiger partial charge >= 0.3 is 39.5 Å². The number of esters is 4. The number of aliphatic hydroxyl groups excluding tert-OH is 1. The number of unbranched alkanes of at least 4 members (excludes halogenated alkanes) is 46. The molecule has 3 N–H and O–H groups in total. The van der Waals surface area contributed by atoms with Gasteiger partial charge in [0.05, 0.1) is 26.4 Å². The molecule has 0 fully saturated rings. The summed E-state index contributed by atoms with van der Waals surface area (Å²) < 4.78 is 68.4. The molecular weight excluding hydrogens is 1220 g/mol. The molecule has 552 valence electrons. The second-order valence-electron chi connectivity index (χ2n) is 27.2. The van der Waals surface area contributed by atoms with Gasteiger partial charge in [-0.3, -0.25) is 37.3 Å². The van der Waals surface area contributed by atoms with Gasteiger partial charge < -0.3 is 33.8 Å². The normalized spacial score (nSPS) is 14.0. The molecule has 2 unspecified atom stereocenters. The van der Waals surface area contributed by atoms with Gasteiger partial charge in [-0.25, -0.2) is 9.13 Å². The van der Waals surface area contributed by atoms with Crippen molar-refractivity contribution in [3.05, 3.63) is 0 Å². The average Bonchev–Trinajstić information content (AvgIpc) is 1.81. The first-order valence-electron chi connectivity index (χ1n) is 38.6. The van der Waals surface area contributed by atoms with Crippen molar-refractivity contribution in [1.29, 1.82) is 0 Å². The van der Waals surface area contributed by atoms with Crippen LogP contribution >= 0.6 is 15.6 Å². The second kappa shape index (κ2) is 67.3. The van der Waals surface area contributed by atoms with Crippen LogP contribution in [0.5, 0.6) is 0 Å². The number of hydrogen-bond acceptors (Lipinski definition) is 15. The first-order valence-corrected chi connectivity index (χ1v) is 41.6. The first-order chi connectivity index (χ1) is 45.0. The summed E-state index contributed by atoms with van der Waals surface area (Å²) in [6, 6.07) is 0. The molecule has 0 rings (SSSR count). The minimum atomic E-state index is -4.95. The highest BCUT2D eigenvalue weighted by Crippen LogP contribution is 2.45. The van der Waals surface area contributed by atoms with Crippen LogP contribution in [0, 0.1) is 5.92 Å². The fraction of sp³-hybridized carbons (Fsp3) is 0.946. The van der Waals surface area contributed by atoms with E-state index >= 15 is 0 Å². The molecule has 17 nitrogen and oxygen atoms in total. The Bertz CT molecular complexity index is 1790. The van der Waals surface area contributed by atoms with E-state index in [2.05, 4.69) is 34.6 Å². The predicted molar refractivity (Wildman–Crippen MR) is 377 cm³/mol. The number of phosphoric ester groups is 2. The molecule has 0 aromatic carbocycles. The summed E-state index contributed by atoms with van der Waals surface area (Å²) in [6.45, 7) is 7.29. The van der Waals surface area contributed by atoms with Crippen molar-refractivity contribution >= 4 is 39.5 Å². The van der Waals surface area contributed by atoms with Gasteiger partial charge in [0, 0.05) is 25.7 Å². The molecule has 0 aromatic heterocycles. The summed E-state index contributed by atoms with van der Waals surface area (Å²) in [5.74, 6) is -1.32. The first kappa shape index (κ1) is 91.1. The molecule has 0 aromatic rings. The van der Waals surface area contributed by atoms with Crippen LogP contribution in [0.2, 0.25) is 0 Å². The highest BCUT2D eigenvalue weighted by molar-refractivity contribution is 7.47. The van der Waals surface area contributed by atoms with Gasteiger partial charge in [0.1, 0.15) is 19.3 Å². The summed E-state index contributed by atoms with van der Waals surface area (Å²) in [5.41, 5.74) is 0. The van der Waals surface area contributed by atoms with E-state index in [0.29, 0.717) is 25.7 Å². The van der Waals surface area contributed by atoms with Gasteiger partial charge in [0.25, 0.3) is 0 Å². The van der Waals surface area contributed by atoms with Crippen LogP contribution in [0.4, 0.5) is 0 Å². The molecule has 0 heterocycles. The number of hydrogen-bond donors (Lipinski definition) is 3. The van der Waals surface area contributed by atoms with Crippen LogP contribution in [-0.4, -0.2) is 96.7 Å². The van der Waals surface area contributed by atoms with E-state index in [1.807, 2.05) is 0 Å². The summed E-state index contributed by atoms with van der Waals surface area (Å²) in [6.07, 6.45) is 55.4. The molecule has 5 atom stereocenters. The monoisotopic (exact) mass is 1370 g/mol. The number of carbonyl (C=O) groups excluding carboxylic acids is 4. The zero-order valence-corrected chi connectivity index (χ0v) is 62.2. The maximum absolute atomic E-state index is 13.1. The minimum absolute atomic E-state index is 0.107. The zero-order valence-electron chi connectivity index (χ0n) is 60.4. The third kappa shape index (κ3) is 68.4. The lowest BCUT2D eigenvalue weighted by atomic mass is 10.0. The van der Waals surface area contributed by atoms with Gasteiger partial charge in [-0.1, -0.05) is 336 Å². The Balaban J connectivity index is 5.22. The molecule has 0 saturated carbocycles. The van der Waals surface area contributed by atoms with Gasteiger partial charge in [0.15, 0.2) is 12.2 Å². The third-order valence-corrected chi connectivity index (χ3v) is 19.2. The van der Waals surface area contributed by atoms with Crippen molar-refractivity contribution in [2.75, 3.05) is 39.6 Å². The third-order valence-electron chi connectivity index (χ3n) is 17.3. The van der Waals surface area contributed by atoms with Crippen molar-refractivity contribution in [3.8, 4) is 0 Å². The smallest absolute Gasteiger partial charge is 0.462 e. The Kier molecular flexibility index (Phi) is 65.9. The quantitative estimate of drug-likeness (QED) is 0.0222. The molecule has 0 aliphatic carbocycles. The van der Waals surface area contributed by atoms with Gasteiger partial charge in [-0.15, -0.1) is 0 Å². The Hall–Kier alpha value is -1.94. The summed E-state index contributed by atoms with van der Waals surface area (Å²) in [4.78, 5) is 72.7. The summed E-state index contributed by atoms with van der Waals surface area (Å²) in [7, 11) is -9.90. The number of phosphoric acid groups is 2.